The lowest BCUT2D eigenvalue weighted by atomic mass is 10.1. The fourth-order valence-corrected chi connectivity index (χ4v) is 2.31. The Morgan fingerprint density at radius 1 is 1.26 bits per heavy atom. The maximum atomic E-state index is 11.2. The molecule has 0 aliphatic rings. The summed E-state index contributed by atoms with van der Waals surface area (Å²) >= 11 is 0. The Morgan fingerprint density at radius 3 is 2.21 bits per heavy atom. The van der Waals surface area contributed by atoms with Gasteiger partial charge in [0.25, 0.3) is 0 Å². The van der Waals surface area contributed by atoms with Gasteiger partial charge < -0.3 is 15.3 Å². The van der Waals surface area contributed by atoms with Crippen LogP contribution in [0, 0.1) is 0 Å². The summed E-state index contributed by atoms with van der Waals surface area (Å²) in [7, 11) is 4.12. The molecule has 0 heterocycles. The van der Waals surface area contributed by atoms with E-state index in [2.05, 4.69) is 43.1 Å². The van der Waals surface area contributed by atoms with E-state index in [0.29, 0.717) is 12.5 Å². The molecule has 0 rings (SSSR count). The first-order valence-corrected chi connectivity index (χ1v) is 7.15. The molecule has 0 aliphatic heterocycles. The van der Waals surface area contributed by atoms with Crippen molar-refractivity contribution < 1.29 is 9.90 Å². The Bertz CT molecular complexity index is 257. The normalized spacial score (nSPS) is 15.2. The molecule has 0 aromatic carbocycles. The first-order chi connectivity index (χ1) is 8.77. The second kappa shape index (κ2) is 9.28. The topological polar surface area (TPSA) is 55.8 Å². The van der Waals surface area contributed by atoms with E-state index in [1.165, 1.54) is 0 Å². The first-order valence-electron chi connectivity index (χ1n) is 7.15. The van der Waals surface area contributed by atoms with Gasteiger partial charge in [0.2, 0.25) is 0 Å². The Kier molecular flexibility index (Phi) is 8.97. The average molecular weight is 273 g/mol. The van der Waals surface area contributed by atoms with Gasteiger partial charge in [-0.1, -0.05) is 20.8 Å². The zero-order valence-corrected chi connectivity index (χ0v) is 13.3. The third kappa shape index (κ3) is 8.18. The maximum absolute atomic E-state index is 11.2. The summed E-state index contributed by atoms with van der Waals surface area (Å²) in [6, 6.07) is 0.171. The van der Waals surface area contributed by atoms with Crippen molar-refractivity contribution in [1.29, 1.82) is 0 Å². The second-order valence-electron chi connectivity index (χ2n) is 5.74. The van der Waals surface area contributed by atoms with E-state index in [9.17, 15) is 9.90 Å². The molecule has 5 nitrogen and oxygen atoms in total. The molecule has 114 valence electrons. The molecular weight excluding hydrogens is 242 g/mol. The number of hydrogen-bond acceptors (Lipinski definition) is 4. The van der Waals surface area contributed by atoms with Crippen molar-refractivity contribution in [2.24, 2.45) is 0 Å². The molecule has 5 heteroatoms. The number of aliphatic carboxylic acids is 1. The molecule has 0 aromatic rings. The third-order valence-electron chi connectivity index (χ3n) is 3.20. The van der Waals surface area contributed by atoms with E-state index in [-0.39, 0.29) is 6.04 Å². The van der Waals surface area contributed by atoms with E-state index in [4.69, 9.17) is 0 Å². The average Bonchev–Trinajstić information content (AvgIpc) is 2.26. The van der Waals surface area contributed by atoms with Gasteiger partial charge >= 0.3 is 5.97 Å². The highest BCUT2D eigenvalue weighted by Gasteiger charge is 2.20. The van der Waals surface area contributed by atoms with Gasteiger partial charge in [-0.05, 0) is 34.0 Å². The molecule has 19 heavy (non-hydrogen) atoms. The summed E-state index contributed by atoms with van der Waals surface area (Å²) in [5.41, 5.74) is 0. The summed E-state index contributed by atoms with van der Waals surface area (Å²) in [5, 5.41) is 12.3. The lowest BCUT2D eigenvalue weighted by molar-refractivity contribution is -0.140. The predicted molar refractivity (Wildman–Crippen MR) is 79.6 cm³/mol. The van der Waals surface area contributed by atoms with Crippen molar-refractivity contribution >= 4 is 5.97 Å². The summed E-state index contributed by atoms with van der Waals surface area (Å²) in [5.74, 6) is -0.759. The Morgan fingerprint density at radius 2 is 1.84 bits per heavy atom. The van der Waals surface area contributed by atoms with Crippen LogP contribution in [0.25, 0.3) is 0 Å². The second-order valence-corrected chi connectivity index (χ2v) is 5.74. The first kappa shape index (κ1) is 18.4. The van der Waals surface area contributed by atoms with E-state index in [1.807, 2.05) is 13.8 Å². The SMILES string of the molecule is CCN(CCC(NC(C)C)C(=O)O)C(C)CN(C)C. The highest BCUT2D eigenvalue weighted by molar-refractivity contribution is 5.73. The lowest BCUT2D eigenvalue weighted by Gasteiger charge is -2.31. The van der Waals surface area contributed by atoms with Crippen molar-refractivity contribution in [1.82, 2.24) is 15.1 Å². The minimum atomic E-state index is -0.759. The van der Waals surface area contributed by atoms with E-state index >= 15 is 0 Å². The van der Waals surface area contributed by atoms with E-state index in [0.717, 1.165) is 19.6 Å². The van der Waals surface area contributed by atoms with Crippen LogP contribution >= 0.6 is 0 Å². The van der Waals surface area contributed by atoms with Crippen LogP contribution in [0.1, 0.15) is 34.1 Å². The Hall–Kier alpha value is -0.650. The molecule has 2 N–H and O–H groups in total. The molecule has 0 radical (unpaired) electrons. The number of nitrogens with one attached hydrogen (secondary N) is 1. The number of rotatable bonds is 10. The molecule has 0 amide bonds. The molecule has 0 aromatic heterocycles. The molecule has 0 saturated heterocycles. The number of likely N-dealkylation sites (N-methyl/N-ethyl adjacent to an activating group) is 2. The Balaban J connectivity index is 4.33. The smallest absolute Gasteiger partial charge is 0.320 e. The van der Waals surface area contributed by atoms with Gasteiger partial charge in [-0.2, -0.15) is 0 Å². The van der Waals surface area contributed by atoms with Gasteiger partial charge in [-0.3, -0.25) is 9.69 Å². The van der Waals surface area contributed by atoms with Crippen molar-refractivity contribution in [3.05, 3.63) is 0 Å². The molecule has 0 aliphatic carbocycles. The molecule has 2 unspecified atom stereocenters. The molecule has 0 spiro atoms. The fourth-order valence-electron chi connectivity index (χ4n) is 2.31. The van der Waals surface area contributed by atoms with Crippen LogP contribution in [0.2, 0.25) is 0 Å². The fraction of sp³-hybridized carbons (Fsp3) is 0.929. The van der Waals surface area contributed by atoms with Crippen LogP contribution in [0.5, 0.6) is 0 Å². The van der Waals surface area contributed by atoms with Crippen molar-refractivity contribution in [3.63, 3.8) is 0 Å². The van der Waals surface area contributed by atoms with Crippen LogP contribution in [-0.2, 0) is 4.79 Å². The highest BCUT2D eigenvalue weighted by atomic mass is 16.4. The van der Waals surface area contributed by atoms with Crippen LogP contribution in [0.3, 0.4) is 0 Å². The number of carboxylic acid groups (broad SMARTS) is 1. The van der Waals surface area contributed by atoms with Crippen LogP contribution < -0.4 is 5.32 Å². The zero-order valence-electron chi connectivity index (χ0n) is 13.3. The van der Waals surface area contributed by atoms with E-state index < -0.39 is 12.0 Å². The Labute approximate surface area is 118 Å². The monoisotopic (exact) mass is 273 g/mol. The lowest BCUT2D eigenvalue weighted by Crippen LogP contribution is -2.46. The van der Waals surface area contributed by atoms with Crippen molar-refractivity contribution in [2.45, 2.75) is 52.2 Å². The minimum absolute atomic E-state index is 0.190. The number of hydrogen-bond donors (Lipinski definition) is 2. The summed E-state index contributed by atoms with van der Waals surface area (Å²) in [6.07, 6.45) is 0.638. The van der Waals surface area contributed by atoms with Gasteiger partial charge in [0.1, 0.15) is 6.04 Å². The summed E-state index contributed by atoms with van der Waals surface area (Å²) < 4.78 is 0. The van der Waals surface area contributed by atoms with Crippen molar-refractivity contribution in [3.8, 4) is 0 Å². The van der Waals surface area contributed by atoms with Gasteiger partial charge in [-0.25, -0.2) is 0 Å². The molecule has 0 saturated carbocycles. The number of nitrogens with zero attached hydrogens (tertiary/aromatic N) is 2. The number of carboxylic acids is 1. The van der Waals surface area contributed by atoms with Gasteiger partial charge in [0.15, 0.2) is 0 Å². The molecular formula is C14H31N3O2. The molecule has 0 fully saturated rings. The zero-order chi connectivity index (χ0) is 15.0. The summed E-state index contributed by atoms with van der Waals surface area (Å²) in [6.45, 7) is 11.0. The standard InChI is InChI=1S/C14H31N3O2/c1-7-17(12(4)10-16(5)6)9-8-13(14(18)19)15-11(2)3/h11-13,15H,7-10H2,1-6H3,(H,18,19). The maximum Gasteiger partial charge on any atom is 0.320 e. The van der Waals surface area contributed by atoms with Gasteiger partial charge in [-0.15, -0.1) is 0 Å². The minimum Gasteiger partial charge on any atom is -0.480 e. The van der Waals surface area contributed by atoms with Gasteiger partial charge in [0.05, 0.1) is 0 Å². The van der Waals surface area contributed by atoms with Crippen molar-refractivity contribution in [2.75, 3.05) is 33.7 Å². The van der Waals surface area contributed by atoms with Crippen LogP contribution in [-0.4, -0.2) is 72.7 Å². The highest BCUT2D eigenvalue weighted by Crippen LogP contribution is 2.04. The van der Waals surface area contributed by atoms with Gasteiger partial charge in [0, 0.05) is 25.2 Å². The predicted octanol–water partition coefficient (Wildman–Crippen LogP) is 1.10. The van der Waals surface area contributed by atoms with Crippen LogP contribution in [0.4, 0.5) is 0 Å². The largest absolute Gasteiger partial charge is 0.480 e. The third-order valence-corrected chi connectivity index (χ3v) is 3.20. The molecule has 2 atom stereocenters. The molecule has 0 bridgehead atoms. The quantitative estimate of drug-likeness (QED) is 0.624. The number of carbonyl (C=O) groups is 1. The van der Waals surface area contributed by atoms with E-state index in [1.54, 1.807) is 0 Å². The van der Waals surface area contributed by atoms with Crippen LogP contribution in [0.15, 0.2) is 0 Å². The summed E-state index contributed by atoms with van der Waals surface area (Å²) in [4.78, 5) is 15.7.